The molecule has 0 aromatic carbocycles. The van der Waals surface area contributed by atoms with Crippen molar-refractivity contribution in [3.8, 4) is 0 Å². The van der Waals surface area contributed by atoms with E-state index in [1.165, 1.54) is 0 Å². The largest absolute Gasteiger partial charge is 0.368 e. The topological polar surface area (TPSA) is 72.3 Å². The Hall–Kier alpha value is -0.610. The number of amides is 1. The summed E-state index contributed by atoms with van der Waals surface area (Å²) in [6.45, 7) is 7.46. The Balaban J connectivity index is 3.93. The lowest BCUT2D eigenvalue weighted by Gasteiger charge is -2.27. The van der Waals surface area contributed by atoms with Crippen LogP contribution in [-0.2, 0) is 4.79 Å². The maximum absolute atomic E-state index is 11.0. The van der Waals surface area contributed by atoms with Crippen LogP contribution >= 0.6 is 0 Å². The fourth-order valence-corrected chi connectivity index (χ4v) is 1.20. The van der Waals surface area contributed by atoms with Crippen molar-refractivity contribution >= 4 is 5.91 Å². The number of hydrogen-bond donors (Lipinski definition) is 2. The standard InChI is InChI=1S/C10H23N3O/c1-8(2)5-6-13(4)7-10(3,12)9(11)14/h8H,5-7,12H2,1-4H3,(H2,11,14). The number of nitrogens with zero attached hydrogens (tertiary/aromatic N) is 1. The van der Waals surface area contributed by atoms with Crippen molar-refractivity contribution < 1.29 is 4.79 Å². The van der Waals surface area contributed by atoms with Crippen LogP contribution in [0.2, 0.25) is 0 Å². The van der Waals surface area contributed by atoms with E-state index in [1.807, 2.05) is 11.9 Å². The summed E-state index contributed by atoms with van der Waals surface area (Å²) in [5.41, 5.74) is 10.0. The maximum atomic E-state index is 11.0. The van der Waals surface area contributed by atoms with E-state index in [4.69, 9.17) is 11.5 Å². The molecule has 0 fully saturated rings. The monoisotopic (exact) mass is 201 g/mol. The average molecular weight is 201 g/mol. The summed E-state index contributed by atoms with van der Waals surface area (Å²) < 4.78 is 0. The lowest BCUT2D eigenvalue weighted by molar-refractivity contribution is -0.123. The highest BCUT2D eigenvalue weighted by Crippen LogP contribution is 2.04. The van der Waals surface area contributed by atoms with Crippen molar-refractivity contribution in [1.82, 2.24) is 4.90 Å². The summed E-state index contributed by atoms with van der Waals surface area (Å²) >= 11 is 0. The minimum Gasteiger partial charge on any atom is -0.368 e. The van der Waals surface area contributed by atoms with E-state index in [0.29, 0.717) is 12.5 Å². The Kier molecular flexibility index (Phi) is 5.08. The Morgan fingerprint density at radius 2 is 2.00 bits per heavy atom. The van der Waals surface area contributed by atoms with Gasteiger partial charge in [-0.1, -0.05) is 13.8 Å². The second-order valence-corrected chi connectivity index (χ2v) is 4.70. The fourth-order valence-electron chi connectivity index (χ4n) is 1.20. The summed E-state index contributed by atoms with van der Waals surface area (Å²) in [5, 5.41) is 0. The van der Waals surface area contributed by atoms with Crippen LogP contribution in [0.5, 0.6) is 0 Å². The first-order valence-corrected chi connectivity index (χ1v) is 5.03. The molecule has 0 aromatic heterocycles. The van der Waals surface area contributed by atoms with Gasteiger partial charge in [0.2, 0.25) is 5.91 Å². The van der Waals surface area contributed by atoms with E-state index >= 15 is 0 Å². The first kappa shape index (κ1) is 13.4. The van der Waals surface area contributed by atoms with Crippen molar-refractivity contribution in [2.75, 3.05) is 20.1 Å². The molecule has 4 N–H and O–H groups in total. The molecule has 0 aliphatic carbocycles. The van der Waals surface area contributed by atoms with Gasteiger partial charge in [-0.15, -0.1) is 0 Å². The van der Waals surface area contributed by atoms with Crippen LogP contribution in [0.15, 0.2) is 0 Å². The summed E-state index contributed by atoms with van der Waals surface area (Å²) in [6, 6.07) is 0. The molecular formula is C10H23N3O. The van der Waals surface area contributed by atoms with Crippen LogP contribution in [0.25, 0.3) is 0 Å². The molecule has 4 nitrogen and oxygen atoms in total. The minimum atomic E-state index is -0.925. The van der Waals surface area contributed by atoms with Gasteiger partial charge < -0.3 is 16.4 Å². The molecule has 0 aromatic rings. The first-order chi connectivity index (χ1) is 6.25. The molecule has 0 saturated carbocycles. The lowest BCUT2D eigenvalue weighted by atomic mass is 10.0. The SMILES string of the molecule is CC(C)CCN(C)CC(C)(N)C(N)=O. The lowest BCUT2D eigenvalue weighted by Crippen LogP contribution is -2.56. The van der Waals surface area contributed by atoms with E-state index in [-0.39, 0.29) is 0 Å². The van der Waals surface area contributed by atoms with Gasteiger partial charge in [-0.05, 0) is 32.9 Å². The quantitative estimate of drug-likeness (QED) is 0.643. The third-order valence-electron chi connectivity index (χ3n) is 2.25. The van der Waals surface area contributed by atoms with Gasteiger partial charge in [0.05, 0.1) is 0 Å². The number of primary amides is 1. The van der Waals surface area contributed by atoms with E-state index in [2.05, 4.69) is 13.8 Å². The van der Waals surface area contributed by atoms with Crippen LogP contribution in [0.4, 0.5) is 0 Å². The molecule has 0 spiro atoms. The van der Waals surface area contributed by atoms with Crippen LogP contribution in [0.1, 0.15) is 27.2 Å². The molecule has 0 aliphatic heterocycles. The summed E-state index contributed by atoms with van der Waals surface area (Å²) in [7, 11) is 1.95. The van der Waals surface area contributed by atoms with Gasteiger partial charge in [-0.25, -0.2) is 0 Å². The van der Waals surface area contributed by atoms with Crippen LogP contribution < -0.4 is 11.5 Å². The van der Waals surface area contributed by atoms with Crippen LogP contribution in [0.3, 0.4) is 0 Å². The predicted molar refractivity (Wildman–Crippen MR) is 58.7 cm³/mol. The molecule has 0 rings (SSSR count). The Morgan fingerprint density at radius 1 is 1.50 bits per heavy atom. The van der Waals surface area contributed by atoms with E-state index in [0.717, 1.165) is 13.0 Å². The van der Waals surface area contributed by atoms with Gasteiger partial charge in [0.15, 0.2) is 0 Å². The van der Waals surface area contributed by atoms with Crippen LogP contribution in [0, 0.1) is 5.92 Å². The third-order valence-corrected chi connectivity index (χ3v) is 2.25. The Bertz CT molecular complexity index is 190. The van der Waals surface area contributed by atoms with Gasteiger partial charge in [0.1, 0.15) is 5.54 Å². The minimum absolute atomic E-state index is 0.450. The molecule has 0 saturated heterocycles. The number of carbonyl (C=O) groups excluding carboxylic acids is 1. The van der Waals surface area contributed by atoms with Crippen LogP contribution in [-0.4, -0.2) is 36.5 Å². The highest BCUT2D eigenvalue weighted by atomic mass is 16.1. The molecule has 0 radical (unpaired) electrons. The van der Waals surface area contributed by atoms with Gasteiger partial charge in [0.25, 0.3) is 0 Å². The Labute approximate surface area is 86.6 Å². The number of carbonyl (C=O) groups is 1. The van der Waals surface area contributed by atoms with Crippen molar-refractivity contribution in [3.63, 3.8) is 0 Å². The summed E-state index contributed by atoms with van der Waals surface area (Å²) in [6.07, 6.45) is 1.10. The van der Waals surface area contributed by atoms with Gasteiger partial charge in [-0.2, -0.15) is 0 Å². The van der Waals surface area contributed by atoms with Gasteiger partial charge in [-0.3, -0.25) is 4.79 Å². The fraction of sp³-hybridized carbons (Fsp3) is 0.900. The molecule has 0 aliphatic rings. The maximum Gasteiger partial charge on any atom is 0.238 e. The van der Waals surface area contributed by atoms with Crippen molar-refractivity contribution in [3.05, 3.63) is 0 Å². The smallest absolute Gasteiger partial charge is 0.238 e. The van der Waals surface area contributed by atoms with Gasteiger partial charge in [0, 0.05) is 6.54 Å². The van der Waals surface area contributed by atoms with E-state index < -0.39 is 11.4 Å². The predicted octanol–water partition coefficient (Wildman–Crippen LogP) is 0.167. The zero-order chi connectivity index (χ0) is 11.4. The zero-order valence-electron chi connectivity index (χ0n) is 9.71. The molecule has 14 heavy (non-hydrogen) atoms. The third kappa shape index (κ3) is 5.19. The molecule has 0 heterocycles. The van der Waals surface area contributed by atoms with Gasteiger partial charge >= 0.3 is 0 Å². The molecule has 0 bridgehead atoms. The second-order valence-electron chi connectivity index (χ2n) is 4.70. The summed E-state index contributed by atoms with van der Waals surface area (Å²) in [4.78, 5) is 13.0. The first-order valence-electron chi connectivity index (χ1n) is 5.03. The zero-order valence-corrected chi connectivity index (χ0v) is 9.71. The number of hydrogen-bond acceptors (Lipinski definition) is 3. The average Bonchev–Trinajstić information content (AvgIpc) is 1.99. The molecule has 1 amide bonds. The highest BCUT2D eigenvalue weighted by Gasteiger charge is 2.26. The number of rotatable bonds is 6. The molecule has 4 heteroatoms. The highest BCUT2D eigenvalue weighted by molar-refractivity contribution is 5.84. The van der Waals surface area contributed by atoms with E-state index in [1.54, 1.807) is 6.92 Å². The Morgan fingerprint density at radius 3 is 2.36 bits per heavy atom. The summed E-state index contributed by atoms with van der Waals surface area (Å²) in [5.74, 6) is 0.212. The molecule has 1 unspecified atom stereocenters. The van der Waals surface area contributed by atoms with Crippen molar-refractivity contribution in [1.29, 1.82) is 0 Å². The normalized spacial score (nSPS) is 15.9. The number of nitrogens with two attached hydrogens (primary N) is 2. The molecule has 1 atom stereocenters. The molecule has 84 valence electrons. The van der Waals surface area contributed by atoms with Crippen molar-refractivity contribution in [2.24, 2.45) is 17.4 Å². The van der Waals surface area contributed by atoms with Crippen molar-refractivity contribution in [2.45, 2.75) is 32.7 Å². The number of likely N-dealkylation sites (N-methyl/N-ethyl adjacent to an activating group) is 1. The van der Waals surface area contributed by atoms with E-state index in [9.17, 15) is 4.79 Å². The molecular weight excluding hydrogens is 178 g/mol. The second kappa shape index (κ2) is 5.32.